The Morgan fingerprint density at radius 1 is 1.32 bits per heavy atom. The van der Waals surface area contributed by atoms with Crippen molar-refractivity contribution in [3.63, 3.8) is 0 Å². The smallest absolute Gasteiger partial charge is 0.317 e. The van der Waals surface area contributed by atoms with Crippen LogP contribution in [0.5, 0.6) is 0 Å². The van der Waals surface area contributed by atoms with E-state index >= 15 is 0 Å². The van der Waals surface area contributed by atoms with Crippen molar-refractivity contribution in [2.75, 3.05) is 32.4 Å². The number of sulfonamides is 1. The molecule has 1 fully saturated rings. The van der Waals surface area contributed by atoms with Gasteiger partial charge in [-0.2, -0.15) is 5.10 Å². The number of aromatic nitrogens is 2. The van der Waals surface area contributed by atoms with E-state index in [4.69, 9.17) is 0 Å². The number of carbonyl (C=O) groups excluding carboxylic acids is 1. The lowest BCUT2D eigenvalue weighted by Crippen LogP contribution is -2.42. The third-order valence-electron chi connectivity index (χ3n) is 3.73. The summed E-state index contributed by atoms with van der Waals surface area (Å²) in [7, 11) is -1.36. The van der Waals surface area contributed by atoms with E-state index in [1.165, 1.54) is 10.6 Å². The van der Waals surface area contributed by atoms with E-state index < -0.39 is 10.0 Å². The van der Waals surface area contributed by atoms with Crippen molar-refractivity contribution in [2.45, 2.75) is 19.9 Å². The van der Waals surface area contributed by atoms with Crippen LogP contribution in [0.15, 0.2) is 6.07 Å². The lowest BCUT2D eigenvalue weighted by molar-refractivity contribution is 0.199. The van der Waals surface area contributed by atoms with Crippen LogP contribution < -0.4 is 5.32 Å². The molecule has 0 unspecified atom stereocenters. The van der Waals surface area contributed by atoms with Gasteiger partial charge in [-0.15, -0.1) is 0 Å². The number of aryl methyl sites for hydroxylation is 2. The predicted octanol–water partition coefficient (Wildman–Crippen LogP) is -0.0946. The average Bonchev–Trinajstić information content (AvgIpc) is 2.65. The molecule has 0 spiro atoms. The largest absolute Gasteiger partial charge is 0.332 e. The zero-order valence-electron chi connectivity index (χ0n) is 13.2. The predicted molar refractivity (Wildman–Crippen MR) is 82.8 cm³/mol. The Bertz CT molecular complexity index is 640. The molecule has 1 N–H and O–H groups in total. The molecule has 0 aliphatic carbocycles. The maximum Gasteiger partial charge on any atom is 0.317 e. The Hall–Kier alpha value is -1.61. The number of carbonyl (C=O) groups is 1. The summed E-state index contributed by atoms with van der Waals surface area (Å²) >= 11 is 0. The summed E-state index contributed by atoms with van der Waals surface area (Å²) in [6.07, 6.45) is 1.85. The molecule has 2 rings (SSSR count). The Kier molecular flexibility index (Phi) is 5.07. The van der Waals surface area contributed by atoms with Crippen LogP contribution in [0.25, 0.3) is 0 Å². The topological polar surface area (TPSA) is 87.5 Å². The summed E-state index contributed by atoms with van der Waals surface area (Å²) in [6.45, 7) is 4.08. The maximum absolute atomic E-state index is 12.2. The van der Waals surface area contributed by atoms with Gasteiger partial charge in [0.15, 0.2) is 0 Å². The van der Waals surface area contributed by atoms with Crippen molar-refractivity contribution >= 4 is 16.1 Å². The highest BCUT2D eigenvalue weighted by Gasteiger charge is 2.23. The SMILES string of the molecule is Cc1cc(CNC(=O)N2CCCN(S(C)(=O)=O)CC2)n(C)n1. The van der Waals surface area contributed by atoms with Crippen LogP contribution in [0.4, 0.5) is 4.79 Å². The van der Waals surface area contributed by atoms with Crippen LogP contribution in [0, 0.1) is 6.92 Å². The molecular weight excluding hydrogens is 306 g/mol. The molecule has 0 bridgehead atoms. The lowest BCUT2D eigenvalue weighted by Gasteiger charge is -2.21. The molecule has 1 aromatic rings. The fourth-order valence-electron chi connectivity index (χ4n) is 2.54. The van der Waals surface area contributed by atoms with Gasteiger partial charge >= 0.3 is 6.03 Å². The van der Waals surface area contributed by atoms with Crippen molar-refractivity contribution in [3.8, 4) is 0 Å². The summed E-state index contributed by atoms with van der Waals surface area (Å²) < 4.78 is 26.3. The molecule has 1 aliphatic rings. The maximum atomic E-state index is 12.2. The molecule has 8 nitrogen and oxygen atoms in total. The number of rotatable bonds is 3. The van der Waals surface area contributed by atoms with E-state index in [1.54, 1.807) is 9.58 Å². The van der Waals surface area contributed by atoms with Gasteiger partial charge in [0.25, 0.3) is 0 Å². The van der Waals surface area contributed by atoms with E-state index in [-0.39, 0.29) is 6.03 Å². The monoisotopic (exact) mass is 329 g/mol. The van der Waals surface area contributed by atoms with Gasteiger partial charge in [0.2, 0.25) is 10.0 Å². The minimum Gasteiger partial charge on any atom is -0.332 e. The molecule has 9 heteroatoms. The summed E-state index contributed by atoms with van der Waals surface area (Å²) in [5.41, 5.74) is 1.84. The molecule has 1 aliphatic heterocycles. The van der Waals surface area contributed by atoms with E-state index in [0.717, 1.165) is 11.4 Å². The average molecular weight is 329 g/mol. The number of hydrogen-bond donors (Lipinski definition) is 1. The second kappa shape index (κ2) is 6.66. The van der Waals surface area contributed by atoms with Gasteiger partial charge < -0.3 is 10.2 Å². The minimum atomic E-state index is -3.19. The van der Waals surface area contributed by atoms with Crippen LogP contribution in [-0.4, -0.2) is 65.9 Å². The minimum absolute atomic E-state index is 0.172. The molecule has 1 aromatic heterocycles. The second-order valence-corrected chi connectivity index (χ2v) is 7.54. The molecule has 124 valence electrons. The summed E-state index contributed by atoms with van der Waals surface area (Å²) in [4.78, 5) is 13.9. The van der Waals surface area contributed by atoms with Crippen LogP contribution in [0.3, 0.4) is 0 Å². The van der Waals surface area contributed by atoms with Crippen molar-refractivity contribution in [3.05, 3.63) is 17.5 Å². The van der Waals surface area contributed by atoms with Gasteiger partial charge in [-0.3, -0.25) is 4.68 Å². The highest BCUT2D eigenvalue weighted by Crippen LogP contribution is 2.07. The van der Waals surface area contributed by atoms with Gasteiger partial charge in [0, 0.05) is 33.2 Å². The van der Waals surface area contributed by atoms with Crippen molar-refractivity contribution in [1.29, 1.82) is 0 Å². The van der Waals surface area contributed by atoms with E-state index in [1.807, 2.05) is 20.0 Å². The van der Waals surface area contributed by atoms with Gasteiger partial charge in [-0.05, 0) is 19.4 Å². The molecule has 0 atom stereocenters. The standard InChI is InChI=1S/C13H23N5O3S/c1-11-9-12(16(2)15-11)10-14-13(19)17-5-4-6-18(8-7-17)22(3,20)21/h9H,4-8,10H2,1-3H3,(H,14,19). The molecule has 2 amide bonds. The highest BCUT2D eigenvalue weighted by atomic mass is 32.2. The summed E-state index contributed by atoms with van der Waals surface area (Å²) in [5, 5.41) is 7.09. The summed E-state index contributed by atoms with van der Waals surface area (Å²) in [5.74, 6) is 0. The van der Waals surface area contributed by atoms with Gasteiger partial charge in [0.1, 0.15) is 0 Å². The molecule has 1 saturated heterocycles. The molecule has 22 heavy (non-hydrogen) atoms. The molecule has 2 heterocycles. The fourth-order valence-corrected chi connectivity index (χ4v) is 3.41. The van der Waals surface area contributed by atoms with Gasteiger partial charge in [-0.25, -0.2) is 17.5 Å². The molecule has 0 radical (unpaired) electrons. The normalized spacial score (nSPS) is 17.3. The fraction of sp³-hybridized carbons (Fsp3) is 0.692. The van der Waals surface area contributed by atoms with E-state index in [2.05, 4.69) is 10.4 Å². The number of hydrogen-bond acceptors (Lipinski definition) is 4. The van der Waals surface area contributed by atoms with Crippen molar-refractivity contribution in [1.82, 2.24) is 24.3 Å². The first-order valence-corrected chi connectivity index (χ1v) is 9.09. The van der Waals surface area contributed by atoms with Gasteiger partial charge in [-0.1, -0.05) is 0 Å². The third-order valence-corrected chi connectivity index (χ3v) is 5.03. The van der Waals surface area contributed by atoms with Gasteiger partial charge in [0.05, 0.1) is 24.2 Å². The van der Waals surface area contributed by atoms with Crippen LogP contribution in [0.2, 0.25) is 0 Å². The Morgan fingerprint density at radius 2 is 2.05 bits per heavy atom. The van der Waals surface area contributed by atoms with Crippen LogP contribution in [0.1, 0.15) is 17.8 Å². The zero-order chi connectivity index (χ0) is 16.3. The van der Waals surface area contributed by atoms with Crippen LogP contribution >= 0.6 is 0 Å². The Morgan fingerprint density at radius 3 is 2.64 bits per heavy atom. The lowest BCUT2D eigenvalue weighted by atomic mass is 10.3. The highest BCUT2D eigenvalue weighted by molar-refractivity contribution is 7.88. The molecule has 0 aromatic carbocycles. The first-order valence-electron chi connectivity index (χ1n) is 7.25. The van der Waals surface area contributed by atoms with Crippen molar-refractivity contribution < 1.29 is 13.2 Å². The zero-order valence-corrected chi connectivity index (χ0v) is 14.1. The van der Waals surface area contributed by atoms with Crippen molar-refractivity contribution in [2.24, 2.45) is 7.05 Å². The number of nitrogens with zero attached hydrogens (tertiary/aromatic N) is 4. The number of amides is 2. The van der Waals surface area contributed by atoms with E-state index in [9.17, 15) is 13.2 Å². The van der Waals surface area contributed by atoms with E-state index in [0.29, 0.717) is 39.1 Å². The quantitative estimate of drug-likeness (QED) is 0.839. The number of urea groups is 1. The first-order chi connectivity index (χ1) is 10.3. The molecule has 0 saturated carbocycles. The first kappa shape index (κ1) is 16.8. The second-order valence-electron chi connectivity index (χ2n) is 5.56. The van der Waals surface area contributed by atoms with Crippen LogP contribution in [-0.2, 0) is 23.6 Å². The Labute approximate surface area is 131 Å². The summed E-state index contributed by atoms with van der Waals surface area (Å²) in [6, 6.07) is 1.75. The third kappa shape index (κ3) is 4.20. The number of nitrogens with one attached hydrogen (secondary N) is 1. The molecular formula is C13H23N5O3S. The Balaban J connectivity index is 1.89.